The molecular weight excluding hydrogens is 580 g/mol. The fourth-order valence-corrected chi connectivity index (χ4v) is 4.99. The van der Waals surface area contributed by atoms with E-state index in [0.29, 0.717) is 23.3 Å². The van der Waals surface area contributed by atoms with Crippen molar-refractivity contribution in [2.75, 3.05) is 0 Å². The summed E-state index contributed by atoms with van der Waals surface area (Å²) in [6.45, 7) is 2.11. The summed E-state index contributed by atoms with van der Waals surface area (Å²) in [5.74, 6) is -11.3. The quantitative estimate of drug-likeness (QED) is 0.147. The number of allylic oxidation sites excluding steroid dienone is 1. The van der Waals surface area contributed by atoms with E-state index in [1.807, 2.05) is 18.4 Å². The predicted molar refractivity (Wildman–Crippen MR) is 144 cm³/mol. The predicted octanol–water partition coefficient (Wildman–Crippen LogP) is 10.5. The number of alkyl halides is 2. The van der Waals surface area contributed by atoms with Crippen LogP contribution >= 0.6 is 0 Å². The van der Waals surface area contributed by atoms with Gasteiger partial charge in [0, 0.05) is 17.7 Å². The van der Waals surface area contributed by atoms with E-state index in [4.69, 9.17) is 4.74 Å². The van der Waals surface area contributed by atoms with Gasteiger partial charge < -0.3 is 9.47 Å². The second-order valence-corrected chi connectivity index (χ2v) is 10.1. The fourth-order valence-electron chi connectivity index (χ4n) is 4.99. The van der Waals surface area contributed by atoms with Crippen LogP contribution in [-0.2, 0) is 10.8 Å². The minimum Gasteiger partial charge on any atom is -0.493 e. The van der Waals surface area contributed by atoms with E-state index in [-0.39, 0.29) is 29.4 Å². The first-order valence-corrected chi connectivity index (χ1v) is 13.4. The lowest BCUT2D eigenvalue weighted by molar-refractivity contribution is -0.189. The first kappa shape index (κ1) is 30.1. The minimum atomic E-state index is -4.76. The van der Waals surface area contributed by atoms with E-state index in [2.05, 4.69) is 11.7 Å². The van der Waals surface area contributed by atoms with Crippen LogP contribution in [-0.4, -0.2) is 0 Å². The summed E-state index contributed by atoms with van der Waals surface area (Å²) in [5.41, 5.74) is 0.872. The molecule has 43 heavy (non-hydrogen) atoms. The second-order valence-electron chi connectivity index (χ2n) is 10.1. The average Bonchev–Trinajstić information content (AvgIpc) is 2.95. The maximum absolute atomic E-state index is 15.1. The molecule has 2 nitrogen and oxygen atoms in total. The Bertz CT molecular complexity index is 1640. The van der Waals surface area contributed by atoms with Crippen LogP contribution < -0.4 is 4.74 Å². The molecule has 4 aromatic rings. The van der Waals surface area contributed by atoms with Crippen molar-refractivity contribution in [3.05, 3.63) is 125 Å². The summed E-state index contributed by atoms with van der Waals surface area (Å²) in [6, 6.07) is 12.5. The van der Waals surface area contributed by atoms with E-state index >= 15 is 4.39 Å². The van der Waals surface area contributed by atoms with Crippen LogP contribution in [0.25, 0.3) is 22.3 Å². The molecule has 1 atom stereocenters. The summed E-state index contributed by atoms with van der Waals surface area (Å²) >= 11 is 0. The SMILES string of the molecule is CCCC1=COC(c2ccc(-c3ccc(-c4cc(F)c(C(F)(F)Oc5cc(F)c(F)c(F)c5)c(F)c4)c(F)c3)cc2)CC1. The van der Waals surface area contributed by atoms with Crippen LogP contribution in [0.3, 0.4) is 0 Å². The number of benzene rings is 4. The molecule has 10 heteroatoms. The Morgan fingerprint density at radius 1 is 0.744 bits per heavy atom. The van der Waals surface area contributed by atoms with Gasteiger partial charge in [-0.3, -0.25) is 0 Å². The standard InChI is InChI=1S/C33H24F8O2/c1-2-3-18-4-11-30(42-17-18)20-7-5-19(6-8-20)21-9-10-24(25(34)12-21)22-13-26(35)31(27(36)14-22)33(40,41)43-23-15-28(37)32(39)29(38)16-23/h5-10,12-17,30H,2-4,11H2,1H3. The average molecular weight is 605 g/mol. The van der Waals surface area contributed by atoms with Crippen LogP contribution in [0.1, 0.15) is 49.8 Å². The van der Waals surface area contributed by atoms with Crippen molar-refractivity contribution in [3.63, 3.8) is 0 Å². The molecule has 1 aliphatic rings. The maximum Gasteiger partial charge on any atom is 0.432 e. The van der Waals surface area contributed by atoms with Gasteiger partial charge in [-0.05, 0) is 65.3 Å². The Hall–Kier alpha value is -4.34. The summed E-state index contributed by atoms with van der Waals surface area (Å²) in [5, 5.41) is 0. The third-order valence-corrected chi connectivity index (χ3v) is 7.13. The van der Waals surface area contributed by atoms with Crippen molar-refractivity contribution in [2.45, 2.75) is 44.8 Å². The topological polar surface area (TPSA) is 18.5 Å². The molecule has 0 fully saturated rings. The van der Waals surface area contributed by atoms with Gasteiger partial charge in [0.1, 0.15) is 34.9 Å². The second kappa shape index (κ2) is 12.1. The molecule has 0 amide bonds. The van der Waals surface area contributed by atoms with Crippen LogP contribution in [0.2, 0.25) is 0 Å². The van der Waals surface area contributed by atoms with Gasteiger partial charge in [-0.25, -0.2) is 26.3 Å². The molecule has 0 saturated heterocycles. The summed E-state index contributed by atoms with van der Waals surface area (Å²) < 4.78 is 124. The van der Waals surface area contributed by atoms with Gasteiger partial charge in [0.15, 0.2) is 17.5 Å². The molecule has 0 aromatic heterocycles. The summed E-state index contributed by atoms with van der Waals surface area (Å²) in [6.07, 6.45) is 0.830. The van der Waals surface area contributed by atoms with E-state index in [0.717, 1.165) is 37.3 Å². The molecule has 0 aliphatic carbocycles. The van der Waals surface area contributed by atoms with E-state index in [9.17, 15) is 30.7 Å². The molecule has 5 rings (SSSR count). The normalized spacial score (nSPS) is 15.2. The van der Waals surface area contributed by atoms with Crippen LogP contribution in [0, 0.1) is 34.9 Å². The number of hydrogen-bond donors (Lipinski definition) is 0. The zero-order chi connectivity index (χ0) is 30.9. The van der Waals surface area contributed by atoms with Crippen molar-refractivity contribution in [3.8, 4) is 28.0 Å². The largest absolute Gasteiger partial charge is 0.493 e. The van der Waals surface area contributed by atoms with Crippen molar-refractivity contribution >= 4 is 0 Å². The third-order valence-electron chi connectivity index (χ3n) is 7.13. The highest BCUT2D eigenvalue weighted by Gasteiger charge is 2.41. The smallest absolute Gasteiger partial charge is 0.432 e. The van der Waals surface area contributed by atoms with Gasteiger partial charge in [0.25, 0.3) is 0 Å². The Kier molecular flexibility index (Phi) is 8.48. The number of ether oxygens (including phenoxy) is 2. The highest BCUT2D eigenvalue weighted by atomic mass is 19.3. The molecule has 0 spiro atoms. The Labute approximate surface area is 242 Å². The molecule has 1 unspecified atom stereocenters. The summed E-state index contributed by atoms with van der Waals surface area (Å²) in [7, 11) is 0. The Balaban J connectivity index is 1.35. The lowest BCUT2D eigenvalue weighted by Crippen LogP contribution is -2.25. The third kappa shape index (κ3) is 6.38. The first-order chi connectivity index (χ1) is 20.5. The molecule has 4 aromatic carbocycles. The molecule has 0 radical (unpaired) electrons. The minimum absolute atomic E-state index is 0.0858. The first-order valence-electron chi connectivity index (χ1n) is 13.4. The number of hydrogen-bond acceptors (Lipinski definition) is 2. The van der Waals surface area contributed by atoms with Gasteiger partial charge >= 0.3 is 6.11 Å². The highest BCUT2D eigenvalue weighted by Crippen LogP contribution is 2.39. The van der Waals surface area contributed by atoms with Gasteiger partial charge in [-0.1, -0.05) is 49.7 Å². The monoisotopic (exact) mass is 604 g/mol. The Morgan fingerprint density at radius 3 is 1.91 bits per heavy atom. The van der Waals surface area contributed by atoms with Gasteiger partial charge in [0.2, 0.25) is 0 Å². The molecule has 1 aliphatic heterocycles. The van der Waals surface area contributed by atoms with Gasteiger partial charge in [0.05, 0.1) is 6.26 Å². The maximum atomic E-state index is 15.1. The molecule has 0 saturated carbocycles. The van der Waals surface area contributed by atoms with Crippen molar-refractivity contribution < 1.29 is 44.6 Å². The molecule has 1 heterocycles. The molecule has 0 bridgehead atoms. The molecule has 0 N–H and O–H groups in total. The lowest BCUT2D eigenvalue weighted by Gasteiger charge is -2.23. The van der Waals surface area contributed by atoms with E-state index in [1.54, 1.807) is 12.1 Å². The zero-order valence-corrected chi connectivity index (χ0v) is 22.7. The van der Waals surface area contributed by atoms with E-state index in [1.165, 1.54) is 17.7 Å². The van der Waals surface area contributed by atoms with Crippen LogP contribution in [0.4, 0.5) is 35.1 Å². The van der Waals surface area contributed by atoms with Gasteiger partial charge in [-0.2, -0.15) is 8.78 Å². The highest BCUT2D eigenvalue weighted by molar-refractivity contribution is 5.71. The van der Waals surface area contributed by atoms with Crippen molar-refractivity contribution in [1.82, 2.24) is 0 Å². The Morgan fingerprint density at radius 2 is 1.35 bits per heavy atom. The zero-order valence-electron chi connectivity index (χ0n) is 22.7. The molecular formula is C33H24F8O2. The summed E-state index contributed by atoms with van der Waals surface area (Å²) in [4.78, 5) is 0. The van der Waals surface area contributed by atoms with Gasteiger partial charge in [-0.15, -0.1) is 0 Å². The van der Waals surface area contributed by atoms with Crippen molar-refractivity contribution in [1.29, 1.82) is 0 Å². The van der Waals surface area contributed by atoms with Crippen molar-refractivity contribution in [2.24, 2.45) is 0 Å². The van der Waals surface area contributed by atoms with Crippen LogP contribution in [0.15, 0.2) is 78.6 Å². The van der Waals surface area contributed by atoms with E-state index < -0.39 is 52.3 Å². The fraction of sp³-hybridized carbons (Fsp3) is 0.212. The van der Waals surface area contributed by atoms with Crippen LogP contribution in [0.5, 0.6) is 5.75 Å². The number of rotatable bonds is 8. The lowest BCUT2D eigenvalue weighted by atomic mass is 9.95. The number of halogens is 8. The molecule has 224 valence electrons.